The van der Waals surface area contributed by atoms with E-state index >= 15 is 0 Å². The molecule has 2 bridgehead atoms. The molecule has 124 valence electrons. The number of pyridine rings is 1. The van der Waals surface area contributed by atoms with E-state index in [1.165, 1.54) is 19.3 Å². The molecule has 1 aromatic carbocycles. The molecule has 1 heterocycles. The average Bonchev–Trinajstić information content (AvgIpc) is 3.25. The van der Waals surface area contributed by atoms with Crippen LogP contribution >= 0.6 is 0 Å². The normalized spacial score (nSPS) is 24.8. The summed E-state index contributed by atoms with van der Waals surface area (Å²) in [4.78, 5) is 16.6. The predicted molar refractivity (Wildman–Crippen MR) is 92.6 cm³/mol. The summed E-state index contributed by atoms with van der Waals surface area (Å²) in [5, 5.41) is 3.08. The fourth-order valence-electron chi connectivity index (χ4n) is 4.11. The van der Waals surface area contributed by atoms with Gasteiger partial charge in [-0.15, -0.1) is 0 Å². The predicted octanol–water partition coefficient (Wildman–Crippen LogP) is 4.04. The molecule has 1 amide bonds. The minimum absolute atomic E-state index is 0.173. The zero-order valence-electron chi connectivity index (χ0n) is 13.7. The van der Waals surface area contributed by atoms with Gasteiger partial charge in [-0.3, -0.25) is 9.78 Å². The van der Waals surface area contributed by atoms with Crippen molar-refractivity contribution < 1.29 is 9.53 Å². The molecule has 24 heavy (non-hydrogen) atoms. The molecule has 2 aliphatic carbocycles. The number of carbonyl (C=O) groups excluding carboxylic acids is 1. The van der Waals surface area contributed by atoms with E-state index in [1.54, 1.807) is 12.4 Å². The third kappa shape index (κ3) is 3.28. The van der Waals surface area contributed by atoms with Crippen molar-refractivity contribution in [3.8, 4) is 5.75 Å². The van der Waals surface area contributed by atoms with Crippen LogP contribution in [0.3, 0.4) is 0 Å². The minimum atomic E-state index is 0.173. The van der Waals surface area contributed by atoms with Crippen molar-refractivity contribution in [3.63, 3.8) is 0 Å². The third-order valence-electron chi connectivity index (χ3n) is 5.30. The largest absolute Gasteiger partial charge is 0.489 e. The molecule has 4 nitrogen and oxygen atoms in total. The minimum Gasteiger partial charge on any atom is -0.489 e. The fraction of sp³-hybridized carbons (Fsp3) is 0.400. The van der Waals surface area contributed by atoms with Crippen LogP contribution in [0.5, 0.6) is 5.75 Å². The SMILES string of the molecule is O=C(Nc1cccc(OCc2cccnc2)c1)C1C[C@H]2CC[C@@H]1C2. The number of ether oxygens (including phenoxy) is 1. The highest BCUT2D eigenvalue weighted by molar-refractivity contribution is 5.93. The first-order chi connectivity index (χ1) is 11.8. The summed E-state index contributed by atoms with van der Waals surface area (Å²) < 4.78 is 5.80. The molecule has 4 rings (SSSR count). The maximum absolute atomic E-state index is 12.5. The second kappa shape index (κ2) is 6.63. The summed E-state index contributed by atoms with van der Waals surface area (Å²) in [7, 11) is 0. The van der Waals surface area contributed by atoms with Crippen molar-refractivity contribution in [2.75, 3.05) is 5.32 Å². The number of carbonyl (C=O) groups is 1. The zero-order chi connectivity index (χ0) is 16.4. The Labute approximate surface area is 142 Å². The Bertz CT molecular complexity index is 717. The van der Waals surface area contributed by atoms with Gasteiger partial charge in [-0.1, -0.05) is 18.6 Å². The van der Waals surface area contributed by atoms with Crippen molar-refractivity contribution in [1.29, 1.82) is 0 Å². The maximum atomic E-state index is 12.5. The van der Waals surface area contributed by atoms with E-state index in [9.17, 15) is 4.79 Å². The highest BCUT2D eigenvalue weighted by atomic mass is 16.5. The number of aromatic nitrogens is 1. The van der Waals surface area contributed by atoms with Gasteiger partial charge in [-0.25, -0.2) is 0 Å². The van der Waals surface area contributed by atoms with Crippen molar-refractivity contribution in [1.82, 2.24) is 4.98 Å². The lowest BCUT2D eigenvalue weighted by atomic mass is 9.88. The van der Waals surface area contributed by atoms with Gasteiger partial charge in [0.05, 0.1) is 0 Å². The number of hydrogen-bond acceptors (Lipinski definition) is 3. The number of nitrogens with one attached hydrogen (secondary N) is 1. The molecule has 3 atom stereocenters. The van der Waals surface area contributed by atoms with E-state index in [2.05, 4.69) is 10.3 Å². The molecule has 1 aromatic heterocycles. The van der Waals surface area contributed by atoms with Crippen molar-refractivity contribution in [2.24, 2.45) is 17.8 Å². The van der Waals surface area contributed by atoms with E-state index < -0.39 is 0 Å². The second-order valence-electron chi connectivity index (χ2n) is 6.95. The van der Waals surface area contributed by atoms with Gasteiger partial charge in [-0.2, -0.15) is 0 Å². The number of amides is 1. The summed E-state index contributed by atoms with van der Waals surface area (Å²) in [6.45, 7) is 0.470. The highest BCUT2D eigenvalue weighted by Crippen LogP contribution is 2.48. The third-order valence-corrected chi connectivity index (χ3v) is 5.30. The number of fused-ring (bicyclic) bond motifs is 2. The summed E-state index contributed by atoms with van der Waals surface area (Å²) in [5.41, 5.74) is 1.83. The molecule has 0 spiro atoms. The van der Waals surface area contributed by atoms with Crippen LogP contribution < -0.4 is 10.1 Å². The molecule has 0 aliphatic heterocycles. The van der Waals surface area contributed by atoms with Gasteiger partial charge in [0.25, 0.3) is 0 Å². The maximum Gasteiger partial charge on any atom is 0.227 e. The van der Waals surface area contributed by atoms with Crippen LogP contribution in [-0.2, 0) is 11.4 Å². The first kappa shape index (κ1) is 15.2. The van der Waals surface area contributed by atoms with E-state index in [0.717, 1.165) is 29.3 Å². The van der Waals surface area contributed by atoms with E-state index in [1.807, 2.05) is 36.4 Å². The zero-order valence-corrected chi connectivity index (χ0v) is 13.7. The Morgan fingerprint density at radius 3 is 2.92 bits per heavy atom. The molecule has 2 aromatic rings. The topological polar surface area (TPSA) is 51.2 Å². The molecule has 4 heteroatoms. The van der Waals surface area contributed by atoms with Crippen LogP contribution in [0.25, 0.3) is 0 Å². The Morgan fingerprint density at radius 2 is 2.17 bits per heavy atom. The van der Waals surface area contributed by atoms with Gasteiger partial charge in [0.2, 0.25) is 5.91 Å². The van der Waals surface area contributed by atoms with Gasteiger partial charge in [0.15, 0.2) is 0 Å². The summed E-state index contributed by atoms with van der Waals surface area (Å²) in [6.07, 6.45) is 8.37. The summed E-state index contributed by atoms with van der Waals surface area (Å²) in [5.74, 6) is 2.50. The number of benzene rings is 1. The molecule has 0 saturated heterocycles. The first-order valence-electron chi connectivity index (χ1n) is 8.70. The van der Waals surface area contributed by atoms with Crippen LogP contribution in [0.1, 0.15) is 31.2 Å². The molecule has 0 radical (unpaired) electrons. The van der Waals surface area contributed by atoms with Crippen LogP contribution in [0.4, 0.5) is 5.69 Å². The number of hydrogen-bond donors (Lipinski definition) is 1. The Balaban J connectivity index is 1.37. The fourth-order valence-corrected chi connectivity index (χ4v) is 4.11. The Hall–Kier alpha value is -2.36. The molecule has 2 aliphatic rings. The second-order valence-corrected chi connectivity index (χ2v) is 6.95. The number of anilines is 1. The lowest BCUT2D eigenvalue weighted by Gasteiger charge is -2.21. The van der Waals surface area contributed by atoms with Crippen LogP contribution in [-0.4, -0.2) is 10.9 Å². The average molecular weight is 322 g/mol. The molecular formula is C20H22N2O2. The van der Waals surface area contributed by atoms with Crippen molar-refractivity contribution >= 4 is 11.6 Å². The lowest BCUT2D eigenvalue weighted by Crippen LogP contribution is -2.27. The first-order valence-corrected chi connectivity index (χ1v) is 8.70. The van der Waals surface area contributed by atoms with Crippen LogP contribution in [0.15, 0.2) is 48.8 Å². The number of rotatable bonds is 5. The van der Waals surface area contributed by atoms with E-state index in [-0.39, 0.29) is 11.8 Å². The van der Waals surface area contributed by atoms with Gasteiger partial charge < -0.3 is 10.1 Å². The standard InChI is InChI=1S/C20H22N2O2/c23-20(19-10-14-6-7-16(19)9-14)22-17-4-1-5-18(11-17)24-13-15-3-2-8-21-12-15/h1-5,8,11-12,14,16,19H,6-7,9-10,13H2,(H,22,23)/t14-,16+,19?/m0/s1. The van der Waals surface area contributed by atoms with Crippen molar-refractivity contribution in [2.45, 2.75) is 32.3 Å². The van der Waals surface area contributed by atoms with Gasteiger partial charge in [0, 0.05) is 35.6 Å². The van der Waals surface area contributed by atoms with Crippen LogP contribution in [0.2, 0.25) is 0 Å². The van der Waals surface area contributed by atoms with Crippen molar-refractivity contribution in [3.05, 3.63) is 54.4 Å². The van der Waals surface area contributed by atoms with Crippen LogP contribution in [0, 0.1) is 17.8 Å². The molecule has 1 unspecified atom stereocenters. The lowest BCUT2D eigenvalue weighted by molar-refractivity contribution is -0.121. The number of nitrogens with zero attached hydrogens (tertiary/aromatic N) is 1. The quantitative estimate of drug-likeness (QED) is 0.904. The van der Waals surface area contributed by atoms with E-state index in [0.29, 0.717) is 12.5 Å². The van der Waals surface area contributed by atoms with Gasteiger partial charge >= 0.3 is 0 Å². The molecule has 1 N–H and O–H groups in total. The summed E-state index contributed by atoms with van der Waals surface area (Å²) >= 11 is 0. The van der Waals surface area contributed by atoms with Gasteiger partial charge in [0.1, 0.15) is 12.4 Å². The Morgan fingerprint density at radius 1 is 1.21 bits per heavy atom. The smallest absolute Gasteiger partial charge is 0.227 e. The molecule has 2 fully saturated rings. The summed E-state index contributed by atoms with van der Waals surface area (Å²) in [6, 6.07) is 11.5. The van der Waals surface area contributed by atoms with Gasteiger partial charge in [-0.05, 0) is 49.3 Å². The Kier molecular flexibility index (Phi) is 4.20. The molecular weight excluding hydrogens is 300 g/mol. The highest BCUT2D eigenvalue weighted by Gasteiger charge is 2.42. The van der Waals surface area contributed by atoms with E-state index in [4.69, 9.17) is 4.74 Å². The monoisotopic (exact) mass is 322 g/mol. The molecule has 2 saturated carbocycles.